The zero-order valence-electron chi connectivity index (χ0n) is 12.0. The lowest BCUT2D eigenvalue weighted by Crippen LogP contribution is -2.12. The molecule has 0 aliphatic rings. The first kappa shape index (κ1) is 15.3. The van der Waals surface area contributed by atoms with Gasteiger partial charge in [-0.1, -0.05) is 33.1 Å². The molecule has 0 spiro atoms. The van der Waals surface area contributed by atoms with Gasteiger partial charge in [0.1, 0.15) is 5.82 Å². The monoisotopic (exact) mass is 341 g/mol. The van der Waals surface area contributed by atoms with Crippen LogP contribution in [0.5, 0.6) is 0 Å². The fourth-order valence-corrected chi connectivity index (χ4v) is 3.00. The van der Waals surface area contributed by atoms with E-state index >= 15 is 0 Å². The predicted octanol–water partition coefficient (Wildman–Crippen LogP) is 5.05. The molecule has 0 fully saturated rings. The summed E-state index contributed by atoms with van der Waals surface area (Å²) in [7, 11) is 0. The first-order valence-electron chi connectivity index (χ1n) is 7.20. The number of nitrogens with two attached hydrogens (primary N) is 1. The van der Waals surface area contributed by atoms with E-state index in [1.165, 1.54) is 6.07 Å². The van der Waals surface area contributed by atoms with E-state index in [-0.39, 0.29) is 5.82 Å². The lowest BCUT2D eigenvalue weighted by molar-refractivity contribution is 0.430. The molecule has 110 valence electrons. The Hall–Kier alpha value is -1.10. The van der Waals surface area contributed by atoms with Gasteiger partial charge in [-0.05, 0) is 34.8 Å². The minimum atomic E-state index is -0.303. The minimum Gasteiger partial charge on any atom is -0.369 e. The van der Waals surface area contributed by atoms with Crippen LogP contribution in [0.15, 0.2) is 16.6 Å². The van der Waals surface area contributed by atoms with E-state index in [9.17, 15) is 4.39 Å². The Balaban J connectivity index is 2.49. The summed E-state index contributed by atoms with van der Waals surface area (Å²) in [5, 5.41) is 0. The SMILES string of the molecule is CCCCC(CCC)n1c(N)nc2cc(F)c(Br)cc21. The van der Waals surface area contributed by atoms with Crippen molar-refractivity contribution in [1.82, 2.24) is 9.55 Å². The number of imidazole rings is 1. The average Bonchev–Trinajstić information content (AvgIpc) is 2.71. The van der Waals surface area contributed by atoms with Crippen molar-refractivity contribution in [3.05, 3.63) is 22.4 Å². The molecule has 1 aromatic carbocycles. The molecule has 1 atom stereocenters. The van der Waals surface area contributed by atoms with Crippen LogP contribution >= 0.6 is 15.9 Å². The van der Waals surface area contributed by atoms with Crippen LogP contribution in [0.3, 0.4) is 0 Å². The van der Waals surface area contributed by atoms with Crippen molar-refractivity contribution in [1.29, 1.82) is 0 Å². The highest BCUT2D eigenvalue weighted by molar-refractivity contribution is 9.10. The molecule has 3 nitrogen and oxygen atoms in total. The highest BCUT2D eigenvalue weighted by Crippen LogP contribution is 2.31. The number of aromatic nitrogens is 2. The number of hydrogen-bond donors (Lipinski definition) is 1. The van der Waals surface area contributed by atoms with Gasteiger partial charge < -0.3 is 10.3 Å². The molecule has 1 aromatic heterocycles. The topological polar surface area (TPSA) is 43.8 Å². The van der Waals surface area contributed by atoms with Gasteiger partial charge in [-0.15, -0.1) is 0 Å². The standard InChI is InChI=1S/C15H21BrFN3/c1-3-5-7-10(6-4-2)20-14-8-11(16)12(17)9-13(14)19-15(20)18/h8-10H,3-7H2,1-2H3,(H2,18,19). The second-order valence-corrected chi connectivity index (χ2v) is 6.03. The van der Waals surface area contributed by atoms with Gasteiger partial charge in [-0.3, -0.25) is 0 Å². The molecule has 0 radical (unpaired) electrons. The molecule has 2 aromatic rings. The Kier molecular flexibility index (Phi) is 5.02. The van der Waals surface area contributed by atoms with Gasteiger partial charge in [0, 0.05) is 12.1 Å². The fraction of sp³-hybridized carbons (Fsp3) is 0.533. The second-order valence-electron chi connectivity index (χ2n) is 5.18. The van der Waals surface area contributed by atoms with Crippen LogP contribution in [0, 0.1) is 5.82 Å². The number of nitrogen functional groups attached to an aromatic ring is 1. The van der Waals surface area contributed by atoms with E-state index in [1.807, 2.05) is 0 Å². The van der Waals surface area contributed by atoms with Gasteiger partial charge >= 0.3 is 0 Å². The predicted molar refractivity (Wildman–Crippen MR) is 85.3 cm³/mol. The number of hydrogen-bond acceptors (Lipinski definition) is 2. The number of fused-ring (bicyclic) bond motifs is 1. The van der Waals surface area contributed by atoms with Crippen LogP contribution in [0.1, 0.15) is 52.0 Å². The highest BCUT2D eigenvalue weighted by Gasteiger charge is 2.18. The summed E-state index contributed by atoms with van der Waals surface area (Å²) in [5.41, 5.74) is 7.60. The number of anilines is 1. The van der Waals surface area contributed by atoms with Crippen LogP contribution in [0.2, 0.25) is 0 Å². The average molecular weight is 342 g/mol. The maximum atomic E-state index is 13.6. The fourth-order valence-electron chi connectivity index (χ4n) is 2.67. The Bertz CT molecular complexity index is 594. The van der Waals surface area contributed by atoms with Gasteiger partial charge in [-0.25, -0.2) is 9.37 Å². The van der Waals surface area contributed by atoms with Crippen LogP contribution in [-0.2, 0) is 0 Å². The van der Waals surface area contributed by atoms with Crippen molar-refractivity contribution < 1.29 is 4.39 Å². The molecule has 2 rings (SSSR count). The summed E-state index contributed by atoms with van der Waals surface area (Å²) in [6.45, 7) is 4.36. The summed E-state index contributed by atoms with van der Waals surface area (Å²) >= 11 is 3.24. The molecule has 0 aliphatic heterocycles. The van der Waals surface area contributed by atoms with E-state index in [4.69, 9.17) is 5.73 Å². The van der Waals surface area contributed by atoms with Gasteiger partial charge in [0.15, 0.2) is 0 Å². The van der Waals surface area contributed by atoms with E-state index in [1.54, 1.807) is 6.07 Å². The van der Waals surface area contributed by atoms with E-state index < -0.39 is 0 Å². The molecule has 0 saturated heterocycles. The van der Waals surface area contributed by atoms with Crippen molar-refractivity contribution in [3.63, 3.8) is 0 Å². The number of halogens is 2. The molecule has 5 heteroatoms. The Morgan fingerprint density at radius 2 is 2.05 bits per heavy atom. The summed E-state index contributed by atoms with van der Waals surface area (Å²) < 4.78 is 16.1. The quantitative estimate of drug-likeness (QED) is 0.798. The molecule has 1 unspecified atom stereocenters. The molecule has 20 heavy (non-hydrogen) atoms. The molecule has 0 amide bonds. The Morgan fingerprint density at radius 1 is 1.30 bits per heavy atom. The Morgan fingerprint density at radius 3 is 2.70 bits per heavy atom. The maximum absolute atomic E-state index is 13.6. The van der Waals surface area contributed by atoms with Crippen molar-refractivity contribution in [2.45, 2.75) is 52.0 Å². The second kappa shape index (κ2) is 6.57. The maximum Gasteiger partial charge on any atom is 0.201 e. The zero-order chi connectivity index (χ0) is 14.7. The first-order valence-corrected chi connectivity index (χ1v) is 8.00. The number of unbranched alkanes of at least 4 members (excludes halogenated alkanes) is 1. The van der Waals surface area contributed by atoms with Crippen molar-refractivity contribution in [3.8, 4) is 0 Å². The van der Waals surface area contributed by atoms with Crippen molar-refractivity contribution in [2.75, 3.05) is 5.73 Å². The molecule has 0 bridgehead atoms. The molecule has 2 N–H and O–H groups in total. The smallest absolute Gasteiger partial charge is 0.201 e. The third-order valence-corrected chi connectivity index (χ3v) is 4.24. The van der Waals surface area contributed by atoms with Crippen LogP contribution < -0.4 is 5.73 Å². The number of benzene rings is 1. The lowest BCUT2D eigenvalue weighted by Gasteiger charge is -2.20. The van der Waals surface area contributed by atoms with E-state index in [0.717, 1.165) is 37.6 Å². The lowest BCUT2D eigenvalue weighted by atomic mass is 10.0. The van der Waals surface area contributed by atoms with Crippen LogP contribution in [-0.4, -0.2) is 9.55 Å². The van der Waals surface area contributed by atoms with E-state index in [2.05, 4.69) is 39.3 Å². The molecule has 1 heterocycles. The van der Waals surface area contributed by atoms with Crippen LogP contribution in [0.4, 0.5) is 10.3 Å². The largest absolute Gasteiger partial charge is 0.369 e. The van der Waals surface area contributed by atoms with Gasteiger partial charge in [0.05, 0.1) is 15.5 Å². The summed E-state index contributed by atoms with van der Waals surface area (Å²) in [5.74, 6) is 0.176. The zero-order valence-corrected chi connectivity index (χ0v) is 13.6. The van der Waals surface area contributed by atoms with Gasteiger partial charge in [0.2, 0.25) is 5.95 Å². The summed E-state index contributed by atoms with van der Waals surface area (Å²) in [4.78, 5) is 4.31. The van der Waals surface area contributed by atoms with E-state index in [0.29, 0.717) is 22.0 Å². The van der Waals surface area contributed by atoms with Gasteiger partial charge in [0.25, 0.3) is 0 Å². The molecular weight excluding hydrogens is 321 g/mol. The van der Waals surface area contributed by atoms with Crippen LogP contribution in [0.25, 0.3) is 11.0 Å². The molecular formula is C15H21BrFN3. The molecule has 0 aliphatic carbocycles. The normalized spacial score (nSPS) is 13.0. The minimum absolute atomic E-state index is 0.303. The molecule has 0 saturated carbocycles. The number of nitrogens with zero attached hydrogens (tertiary/aromatic N) is 2. The third-order valence-electron chi connectivity index (χ3n) is 3.64. The van der Waals surface area contributed by atoms with Crippen molar-refractivity contribution >= 4 is 32.9 Å². The number of rotatable bonds is 6. The highest BCUT2D eigenvalue weighted by atomic mass is 79.9. The first-order chi connectivity index (χ1) is 9.58. The van der Waals surface area contributed by atoms with Gasteiger partial charge in [-0.2, -0.15) is 0 Å². The van der Waals surface area contributed by atoms with Crippen molar-refractivity contribution in [2.24, 2.45) is 0 Å². The Labute approximate surface area is 127 Å². The summed E-state index contributed by atoms with van der Waals surface area (Å²) in [6, 6.07) is 3.56. The third kappa shape index (κ3) is 2.97. The summed E-state index contributed by atoms with van der Waals surface area (Å²) in [6.07, 6.45) is 5.55.